The topological polar surface area (TPSA) is 91.8 Å². The quantitative estimate of drug-likeness (QED) is 0.791. The van der Waals surface area contributed by atoms with Gasteiger partial charge in [0.05, 0.1) is 23.4 Å². The molecule has 1 unspecified atom stereocenters. The minimum atomic E-state index is -3.74. The zero-order chi connectivity index (χ0) is 15.5. The Morgan fingerprint density at radius 2 is 1.90 bits per heavy atom. The van der Waals surface area contributed by atoms with E-state index in [2.05, 4.69) is 0 Å². The summed E-state index contributed by atoms with van der Waals surface area (Å²) in [4.78, 5) is 0. The average Bonchev–Trinajstić information content (AvgIpc) is 2.80. The summed E-state index contributed by atoms with van der Waals surface area (Å²) in [5, 5.41) is 8.19. The molecule has 8 heteroatoms. The van der Waals surface area contributed by atoms with Gasteiger partial charge < -0.3 is 5.11 Å². The van der Waals surface area contributed by atoms with Gasteiger partial charge in [0.2, 0.25) is 10.0 Å². The van der Waals surface area contributed by atoms with Crippen LogP contribution in [0, 0.1) is 0 Å². The third-order valence-corrected chi connectivity index (χ3v) is 7.78. The van der Waals surface area contributed by atoms with E-state index in [0.29, 0.717) is 0 Å². The Morgan fingerprint density at radius 3 is 2.43 bits per heavy atom. The Kier molecular flexibility index (Phi) is 5.03. The number of rotatable bonds is 6. The van der Waals surface area contributed by atoms with Crippen molar-refractivity contribution in [2.24, 2.45) is 0 Å². The summed E-state index contributed by atoms with van der Waals surface area (Å²) in [5.74, 6) is -0.415. The van der Waals surface area contributed by atoms with Crippen molar-refractivity contribution in [3.05, 3.63) is 35.9 Å². The lowest BCUT2D eigenvalue weighted by molar-refractivity contribution is 0.250. The SMILES string of the molecule is O=S1(=O)CCC(S(=O)(=O)N(CCO)Cc2ccccc2)C1. The van der Waals surface area contributed by atoms with Crippen molar-refractivity contribution in [3.8, 4) is 0 Å². The molecule has 21 heavy (non-hydrogen) atoms. The maximum atomic E-state index is 12.6. The van der Waals surface area contributed by atoms with E-state index in [-0.39, 0.29) is 37.6 Å². The normalized spacial score (nSPS) is 21.7. The second kappa shape index (κ2) is 6.43. The smallest absolute Gasteiger partial charge is 0.218 e. The van der Waals surface area contributed by atoms with Gasteiger partial charge in [0.1, 0.15) is 0 Å². The lowest BCUT2D eigenvalue weighted by Gasteiger charge is -2.24. The van der Waals surface area contributed by atoms with Gasteiger partial charge in [0.15, 0.2) is 9.84 Å². The van der Waals surface area contributed by atoms with E-state index in [1.165, 1.54) is 4.31 Å². The maximum Gasteiger partial charge on any atom is 0.218 e. The molecule has 0 bridgehead atoms. The molecule has 1 aromatic rings. The molecule has 0 aliphatic carbocycles. The van der Waals surface area contributed by atoms with Gasteiger partial charge in [-0.3, -0.25) is 0 Å². The van der Waals surface area contributed by atoms with Crippen LogP contribution in [0.25, 0.3) is 0 Å². The van der Waals surface area contributed by atoms with Crippen molar-refractivity contribution >= 4 is 19.9 Å². The zero-order valence-corrected chi connectivity index (χ0v) is 13.2. The summed E-state index contributed by atoms with van der Waals surface area (Å²) >= 11 is 0. The molecule has 1 aliphatic heterocycles. The van der Waals surface area contributed by atoms with Crippen molar-refractivity contribution in [2.75, 3.05) is 24.7 Å². The van der Waals surface area contributed by atoms with Crippen LogP contribution in [0.15, 0.2) is 30.3 Å². The summed E-state index contributed by atoms with van der Waals surface area (Å²) in [5.41, 5.74) is 0.801. The summed E-state index contributed by atoms with van der Waals surface area (Å²) in [6.45, 7) is -0.195. The van der Waals surface area contributed by atoms with E-state index in [0.717, 1.165) is 5.56 Å². The molecular weight excluding hydrogens is 314 g/mol. The minimum Gasteiger partial charge on any atom is -0.395 e. The first-order valence-electron chi connectivity index (χ1n) is 6.69. The van der Waals surface area contributed by atoms with Gasteiger partial charge in [0.25, 0.3) is 0 Å². The number of sulfonamides is 1. The van der Waals surface area contributed by atoms with Crippen molar-refractivity contribution in [1.29, 1.82) is 0 Å². The average molecular weight is 333 g/mol. The second-order valence-electron chi connectivity index (χ2n) is 5.11. The largest absolute Gasteiger partial charge is 0.395 e. The lowest BCUT2D eigenvalue weighted by atomic mass is 10.2. The minimum absolute atomic E-state index is 0.0340. The molecule has 1 N–H and O–H groups in total. The van der Waals surface area contributed by atoms with Crippen molar-refractivity contribution in [2.45, 2.75) is 18.2 Å². The van der Waals surface area contributed by atoms with Gasteiger partial charge in [-0.15, -0.1) is 0 Å². The Bertz CT molecular complexity index is 670. The summed E-state index contributed by atoms with van der Waals surface area (Å²) < 4.78 is 49.3. The van der Waals surface area contributed by atoms with Crippen LogP contribution in [0.5, 0.6) is 0 Å². The highest BCUT2D eigenvalue weighted by Crippen LogP contribution is 2.23. The van der Waals surface area contributed by atoms with Crippen LogP contribution in [0.1, 0.15) is 12.0 Å². The highest BCUT2D eigenvalue weighted by atomic mass is 32.2. The zero-order valence-electron chi connectivity index (χ0n) is 11.6. The van der Waals surface area contributed by atoms with E-state index in [1.54, 1.807) is 24.3 Å². The van der Waals surface area contributed by atoms with E-state index < -0.39 is 25.1 Å². The van der Waals surface area contributed by atoms with Crippen molar-refractivity contribution in [3.63, 3.8) is 0 Å². The predicted octanol–water partition coefficient (Wildman–Crippen LogP) is -0.00220. The molecule has 1 atom stereocenters. The fourth-order valence-electron chi connectivity index (χ4n) is 2.40. The van der Waals surface area contributed by atoms with Gasteiger partial charge in [-0.05, 0) is 12.0 Å². The van der Waals surface area contributed by atoms with Crippen LogP contribution in [0.2, 0.25) is 0 Å². The monoisotopic (exact) mass is 333 g/mol. The first-order chi connectivity index (χ1) is 9.85. The summed E-state index contributed by atoms with van der Waals surface area (Å²) in [6, 6.07) is 9.03. The third kappa shape index (κ3) is 4.03. The number of benzene rings is 1. The van der Waals surface area contributed by atoms with E-state index >= 15 is 0 Å². The fraction of sp³-hybridized carbons (Fsp3) is 0.538. The van der Waals surface area contributed by atoms with Crippen LogP contribution in [0.3, 0.4) is 0 Å². The number of hydrogen-bond donors (Lipinski definition) is 1. The number of hydrogen-bond acceptors (Lipinski definition) is 5. The third-order valence-electron chi connectivity index (χ3n) is 3.52. The number of aliphatic hydroxyl groups is 1. The summed E-state index contributed by atoms with van der Waals surface area (Å²) in [7, 11) is -7.01. The highest BCUT2D eigenvalue weighted by Gasteiger charge is 2.40. The molecule has 1 aromatic carbocycles. The van der Waals surface area contributed by atoms with E-state index in [4.69, 9.17) is 5.11 Å². The van der Waals surface area contributed by atoms with Crippen LogP contribution in [-0.4, -0.2) is 56.2 Å². The number of nitrogens with zero attached hydrogens (tertiary/aromatic N) is 1. The van der Waals surface area contributed by atoms with E-state index in [9.17, 15) is 16.8 Å². The fourth-order valence-corrected chi connectivity index (χ4v) is 6.91. The van der Waals surface area contributed by atoms with Crippen LogP contribution < -0.4 is 0 Å². The Balaban J connectivity index is 2.21. The molecule has 1 fully saturated rings. The Morgan fingerprint density at radius 1 is 1.24 bits per heavy atom. The molecular formula is C13H19NO5S2. The Labute approximate surface area is 125 Å². The van der Waals surface area contributed by atoms with Gasteiger partial charge in [-0.1, -0.05) is 30.3 Å². The Hall–Kier alpha value is -0.960. The number of aliphatic hydroxyl groups excluding tert-OH is 1. The molecule has 2 rings (SSSR count). The van der Waals surface area contributed by atoms with E-state index in [1.807, 2.05) is 6.07 Å². The van der Waals surface area contributed by atoms with Gasteiger partial charge in [0, 0.05) is 13.1 Å². The predicted molar refractivity (Wildman–Crippen MR) is 79.9 cm³/mol. The first kappa shape index (κ1) is 16.4. The molecule has 0 aromatic heterocycles. The second-order valence-corrected chi connectivity index (χ2v) is 9.55. The lowest BCUT2D eigenvalue weighted by Crippen LogP contribution is -2.40. The van der Waals surface area contributed by atoms with Gasteiger partial charge in [-0.2, -0.15) is 4.31 Å². The molecule has 0 amide bonds. The van der Waals surface area contributed by atoms with Crippen LogP contribution in [0.4, 0.5) is 0 Å². The molecule has 118 valence electrons. The molecule has 1 aliphatic rings. The molecule has 6 nitrogen and oxygen atoms in total. The van der Waals surface area contributed by atoms with Crippen LogP contribution >= 0.6 is 0 Å². The van der Waals surface area contributed by atoms with Crippen LogP contribution in [-0.2, 0) is 26.4 Å². The van der Waals surface area contributed by atoms with Gasteiger partial charge in [-0.25, -0.2) is 16.8 Å². The first-order valence-corrected chi connectivity index (χ1v) is 10.0. The molecule has 0 radical (unpaired) electrons. The summed E-state index contributed by atoms with van der Waals surface area (Å²) in [6.07, 6.45) is 0.126. The highest BCUT2D eigenvalue weighted by molar-refractivity contribution is 7.95. The molecule has 1 heterocycles. The molecule has 1 saturated heterocycles. The standard InChI is InChI=1S/C13H19NO5S2/c15-8-7-14(10-12-4-2-1-3-5-12)21(18,19)13-6-9-20(16,17)11-13/h1-5,13,15H,6-11H2. The molecule has 0 spiro atoms. The van der Waals surface area contributed by atoms with Crippen molar-refractivity contribution in [1.82, 2.24) is 4.31 Å². The maximum absolute atomic E-state index is 12.6. The van der Waals surface area contributed by atoms with Crippen molar-refractivity contribution < 1.29 is 21.9 Å². The molecule has 0 saturated carbocycles. The van der Waals surface area contributed by atoms with Gasteiger partial charge >= 0.3 is 0 Å². The number of sulfone groups is 1.